The van der Waals surface area contributed by atoms with Crippen LogP contribution in [0.4, 0.5) is 0 Å². The molecule has 0 aromatic carbocycles. The lowest BCUT2D eigenvalue weighted by Crippen LogP contribution is -2.65. The summed E-state index contributed by atoms with van der Waals surface area (Å²) in [6, 6.07) is 0.701. The number of rotatable bonds is 0. The molecule has 1 saturated carbocycles. The van der Waals surface area contributed by atoms with E-state index >= 15 is 0 Å². The molecular formula is C9H18NS2+. The fourth-order valence-electron chi connectivity index (χ4n) is 2.01. The van der Waals surface area contributed by atoms with Crippen molar-refractivity contribution in [3.05, 3.63) is 0 Å². The molecule has 1 aliphatic heterocycles. The summed E-state index contributed by atoms with van der Waals surface area (Å²) in [5.41, 5.74) is 4.13. The van der Waals surface area contributed by atoms with Crippen LogP contribution in [0.5, 0.6) is 0 Å². The van der Waals surface area contributed by atoms with E-state index in [0.717, 1.165) is 0 Å². The maximum absolute atomic E-state index is 4.13. The number of hydrogen-bond donors (Lipinski definition) is 1. The monoisotopic (exact) mass is 204 g/mol. The largest absolute Gasteiger partial charge is 0.354 e. The Morgan fingerprint density at radius 3 is 2.17 bits per heavy atom. The van der Waals surface area contributed by atoms with Gasteiger partial charge in [-0.05, 0) is 12.8 Å². The lowest BCUT2D eigenvalue weighted by atomic mass is 10.00. The summed E-state index contributed by atoms with van der Waals surface area (Å²) in [4.78, 5) is 0. The number of quaternary nitrogens is 1. The fraction of sp³-hybridized carbons (Fsp3) is 1.00. The molecule has 2 fully saturated rings. The fourth-order valence-corrected chi connectivity index (χ4v) is 5.37. The Kier molecular flexibility index (Phi) is 2.93. The van der Waals surface area contributed by atoms with Crippen molar-refractivity contribution in [1.29, 1.82) is 0 Å². The van der Waals surface area contributed by atoms with E-state index in [1.165, 1.54) is 43.6 Å². The van der Waals surface area contributed by atoms with Gasteiger partial charge in [0, 0.05) is 11.5 Å². The second-order valence-corrected chi connectivity index (χ2v) is 7.02. The van der Waals surface area contributed by atoms with Crippen LogP contribution in [0.3, 0.4) is 0 Å². The van der Waals surface area contributed by atoms with Crippen LogP contribution in [0.15, 0.2) is 0 Å². The smallest absolute Gasteiger partial charge is 0.103 e. The van der Waals surface area contributed by atoms with Gasteiger partial charge < -0.3 is 5.73 Å². The standard InChI is InChI=1S/C9H17NS2/c10-8-6-11-9(12-7-8)4-2-1-3-5-9/h8H,1-7,10H2/p+1. The van der Waals surface area contributed by atoms with Crippen molar-refractivity contribution in [3.8, 4) is 0 Å². The first-order valence-electron chi connectivity index (χ1n) is 4.92. The molecule has 1 saturated heterocycles. The van der Waals surface area contributed by atoms with Gasteiger partial charge in [0.1, 0.15) is 6.04 Å². The van der Waals surface area contributed by atoms with Crippen molar-refractivity contribution in [3.63, 3.8) is 0 Å². The highest BCUT2D eigenvalue weighted by atomic mass is 32.2. The van der Waals surface area contributed by atoms with E-state index in [0.29, 0.717) is 10.1 Å². The summed E-state index contributed by atoms with van der Waals surface area (Å²) >= 11 is 4.39. The molecule has 0 bridgehead atoms. The molecule has 1 aliphatic carbocycles. The summed E-state index contributed by atoms with van der Waals surface area (Å²) in [5.74, 6) is 2.60. The van der Waals surface area contributed by atoms with Crippen LogP contribution in [0.1, 0.15) is 32.1 Å². The van der Waals surface area contributed by atoms with Crippen molar-refractivity contribution in [2.75, 3.05) is 11.5 Å². The van der Waals surface area contributed by atoms with Gasteiger partial charge in [0.25, 0.3) is 0 Å². The molecule has 2 rings (SSSR count). The Hall–Kier alpha value is 0.660. The molecule has 0 atom stereocenters. The van der Waals surface area contributed by atoms with Crippen LogP contribution in [0.2, 0.25) is 0 Å². The molecule has 12 heavy (non-hydrogen) atoms. The highest BCUT2D eigenvalue weighted by molar-refractivity contribution is 8.18. The Labute approximate surface area is 83.2 Å². The third-order valence-electron chi connectivity index (χ3n) is 2.78. The first-order valence-corrected chi connectivity index (χ1v) is 6.89. The predicted molar refractivity (Wildman–Crippen MR) is 57.4 cm³/mol. The van der Waals surface area contributed by atoms with Crippen molar-refractivity contribution in [2.45, 2.75) is 42.2 Å². The van der Waals surface area contributed by atoms with Gasteiger partial charge in [0.2, 0.25) is 0 Å². The molecule has 1 nitrogen and oxygen atoms in total. The number of hydrogen-bond acceptors (Lipinski definition) is 2. The van der Waals surface area contributed by atoms with E-state index in [1.807, 2.05) is 0 Å². The zero-order valence-corrected chi connectivity index (χ0v) is 9.18. The highest BCUT2D eigenvalue weighted by Crippen LogP contribution is 2.50. The molecule has 70 valence electrons. The molecule has 0 aromatic heterocycles. The maximum atomic E-state index is 4.13. The van der Waals surface area contributed by atoms with E-state index in [4.69, 9.17) is 0 Å². The van der Waals surface area contributed by atoms with Gasteiger partial charge in [-0.3, -0.25) is 0 Å². The number of thioether (sulfide) groups is 2. The van der Waals surface area contributed by atoms with Gasteiger partial charge in [-0.1, -0.05) is 19.3 Å². The van der Waals surface area contributed by atoms with Crippen LogP contribution in [-0.4, -0.2) is 21.6 Å². The van der Waals surface area contributed by atoms with Gasteiger partial charge in [0.15, 0.2) is 0 Å². The lowest BCUT2D eigenvalue weighted by Gasteiger charge is -2.39. The van der Waals surface area contributed by atoms with Crippen molar-refractivity contribution in [1.82, 2.24) is 0 Å². The second-order valence-electron chi connectivity index (χ2n) is 3.96. The van der Waals surface area contributed by atoms with E-state index in [-0.39, 0.29) is 0 Å². The Morgan fingerprint density at radius 1 is 1.00 bits per heavy atom. The Morgan fingerprint density at radius 2 is 1.58 bits per heavy atom. The van der Waals surface area contributed by atoms with Gasteiger partial charge in [-0.15, -0.1) is 23.5 Å². The topological polar surface area (TPSA) is 27.6 Å². The molecule has 0 aromatic rings. The summed E-state index contributed by atoms with van der Waals surface area (Å²) in [5, 5.41) is 0. The highest BCUT2D eigenvalue weighted by Gasteiger charge is 2.37. The minimum Gasteiger partial charge on any atom is -0.354 e. The lowest BCUT2D eigenvalue weighted by molar-refractivity contribution is -0.404. The van der Waals surface area contributed by atoms with Gasteiger partial charge >= 0.3 is 0 Å². The molecule has 1 spiro atoms. The van der Waals surface area contributed by atoms with Crippen molar-refractivity contribution in [2.24, 2.45) is 0 Å². The maximum Gasteiger partial charge on any atom is 0.103 e. The molecule has 0 unspecified atom stereocenters. The van der Waals surface area contributed by atoms with Crippen LogP contribution in [-0.2, 0) is 0 Å². The molecular weight excluding hydrogens is 186 g/mol. The average molecular weight is 204 g/mol. The third-order valence-corrected chi connectivity index (χ3v) is 6.63. The molecule has 1 heterocycles. The summed E-state index contributed by atoms with van der Waals surface area (Å²) in [7, 11) is 0. The van der Waals surface area contributed by atoms with Crippen LogP contribution < -0.4 is 5.73 Å². The summed E-state index contributed by atoms with van der Waals surface area (Å²) < 4.78 is 0.631. The van der Waals surface area contributed by atoms with Crippen LogP contribution in [0, 0.1) is 0 Å². The van der Waals surface area contributed by atoms with E-state index < -0.39 is 0 Å². The van der Waals surface area contributed by atoms with Crippen molar-refractivity contribution < 1.29 is 5.73 Å². The van der Waals surface area contributed by atoms with E-state index in [2.05, 4.69) is 29.3 Å². The van der Waals surface area contributed by atoms with E-state index in [1.54, 1.807) is 0 Å². The quantitative estimate of drug-likeness (QED) is 0.651. The molecule has 0 amide bonds. The summed E-state index contributed by atoms with van der Waals surface area (Å²) in [6.45, 7) is 0. The van der Waals surface area contributed by atoms with Gasteiger partial charge in [-0.2, -0.15) is 0 Å². The molecule has 3 heteroatoms. The normalized spacial score (nSPS) is 30.8. The minimum absolute atomic E-state index is 0.631. The van der Waals surface area contributed by atoms with Crippen LogP contribution >= 0.6 is 23.5 Å². The second kappa shape index (κ2) is 3.81. The Bertz CT molecular complexity index is 145. The van der Waals surface area contributed by atoms with E-state index in [9.17, 15) is 0 Å². The first kappa shape index (κ1) is 9.22. The summed E-state index contributed by atoms with van der Waals surface area (Å²) in [6.07, 6.45) is 7.30. The van der Waals surface area contributed by atoms with Gasteiger partial charge in [-0.25, -0.2) is 0 Å². The molecule has 2 aliphatic rings. The van der Waals surface area contributed by atoms with Gasteiger partial charge in [0.05, 0.1) is 4.08 Å². The zero-order valence-electron chi connectivity index (χ0n) is 7.55. The predicted octanol–water partition coefficient (Wildman–Crippen LogP) is 1.74. The van der Waals surface area contributed by atoms with Crippen molar-refractivity contribution >= 4 is 23.5 Å². The molecule has 0 radical (unpaired) electrons. The third kappa shape index (κ3) is 1.94. The SMILES string of the molecule is [NH3+]C1CSC2(CCCCC2)SC1. The molecule has 3 N–H and O–H groups in total. The zero-order chi connectivity index (χ0) is 8.44. The first-order chi connectivity index (χ1) is 5.81. The average Bonchev–Trinajstić information content (AvgIpc) is 2.13. The van der Waals surface area contributed by atoms with Crippen LogP contribution in [0.25, 0.3) is 0 Å². The Balaban J connectivity index is 1.92. The minimum atomic E-state index is 0.631.